The van der Waals surface area contributed by atoms with Gasteiger partial charge in [0.25, 0.3) is 5.96 Å². The van der Waals surface area contributed by atoms with Gasteiger partial charge >= 0.3 is 12.2 Å². The number of nitriles is 1. The quantitative estimate of drug-likeness (QED) is 0.00617. The number of carbonyl (C=O) groups excluding carboxylic acids is 5. The molecule has 0 heterocycles. The van der Waals surface area contributed by atoms with Crippen LogP contribution in [0.15, 0.2) is 30.0 Å². The number of rotatable bonds is 33. The van der Waals surface area contributed by atoms with Gasteiger partial charge in [0.1, 0.15) is 6.73 Å². The maximum atomic E-state index is 12.2. The molecule has 32 nitrogen and oxygen atoms in total. The number of carbonyl (C=O) groups is 5. The average Bonchev–Trinajstić information content (AvgIpc) is 3.41. The molecule has 0 aromatic rings. The zero-order valence-electron chi connectivity index (χ0n) is 46.2. The summed E-state index contributed by atoms with van der Waals surface area (Å²) < 4.78 is 9.64. The number of hydrogen-bond donors (Lipinski definition) is 14. The highest BCUT2D eigenvalue weighted by molar-refractivity contribution is 5.97. The van der Waals surface area contributed by atoms with Gasteiger partial charge in [-0.25, -0.2) is 19.6 Å². The lowest BCUT2D eigenvalue weighted by molar-refractivity contribution is -0.131. The number of ether oxygens (including phenoxy) is 2. The van der Waals surface area contributed by atoms with Gasteiger partial charge in [-0.05, 0) is 58.5 Å². The first-order chi connectivity index (χ1) is 36.9. The Labute approximate surface area is 454 Å². The normalized spacial score (nSPS) is 11.6. The summed E-state index contributed by atoms with van der Waals surface area (Å²) in [6.45, 7) is 20.8. The Hall–Kier alpha value is -8.13. The molecule has 21 N–H and O–H groups in total. The van der Waals surface area contributed by atoms with E-state index in [0.717, 1.165) is 32.4 Å². The standard InChI is InChI=1S/C22H46N14O5.C13H23N9O.C10H22N2O/c1-4-16(37)36(12-6-10-29-18(24)34-17(23)28-3)13-7-11-30-19(25)35-20(26)33-15-41-22(39)32-9-5-8-31-21(38)40-14-27-2;1-3-11(23)22(8-4-6-18-12(15)20-10-14)9-5-7-19-13(16)21-17-2;1-3-5-8-12(9-6-7-11)10(13)4-2/h27H,4-15H2,1-3H3,(H,31,38)(H,32,39)(H5,23,24,28,29,34)(H5,25,26,30,33,35);3-9H2,1H3,(H3,15,18,20)(H3,16,19,21);3-9,11H2,1-2H3. The van der Waals surface area contributed by atoms with Crippen LogP contribution in [-0.4, -0.2) is 193 Å². The molecule has 0 spiro atoms. The van der Waals surface area contributed by atoms with E-state index in [1.165, 1.54) is 7.05 Å². The molecule has 0 rings (SSSR count). The predicted octanol–water partition coefficient (Wildman–Crippen LogP) is -2.45. The van der Waals surface area contributed by atoms with Crippen LogP contribution in [0.4, 0.5) is 9.59 Å². The number of aliphatic imine (C=N–C) groups is 6. The number of hydrogen-bond acceptors (Lipinski definition) is 16. The monoisotopic (exact) mass is 1090 g/mol. The molecule has 5 amide bonds. The van der Waals surface area contributed by atoms with Crippen LogP contribution in [0, 0.1) is 18.0 Å². The number of amides is 5. The lowest BCUT2D eigenvalue weighted by atomic mass is 10.2. The van der Waals surface area contributed by atoms with Crippen molar-refractivity contribution in [2.75, 3.05) is 113 Å². The second kappa shape index (κ2) is 51.4. The molecule has 0 saturated carbocycles. The number of unbranched alkanes of at least 4 members (excludes halogenated alkanes) is 1. The third kappa shape index (κ3) is 46.2. The van der Waals surface area contributed by atoms with Crippen molar-refractivity contribution in [1.82, 2.24) is 52.0 Å². The van der Waals surface area contributed by atoms with E-state index >= 15 is 0 Å². The average molecular weight is 1090 g/mol. The summed E-state index contributed by atoms with van der Waals surface area (Å²) in [4.78, 5) is 89.9. The number of nitrogens with two attached hydrogens (primary N) is 7. The van der Waals surface area contributed by atoms with Gasteiger partial charge in [-0.15, -0.1) is 4.99 Å². The molecule has 438 valence electrons. The molecule has 0 radical (unpaired) electrons. The van der Waals surface area contributed by atoms with Crippen molar-refractivity contribution in [3.63, 3.8) is 0 Å². The molecule has 0 saturated heterocycles. The zero-order valence-corrected chi connectivity index (χ0v) is 46.2. The third-order valence-electron chi connectivity index (χ3n) is 9.66. The molecule has 77 heavy (non-hydrogen) atoms. The minimum Gasteiger partial charge on any atom is -0.434 e. The van der Waals surface area contributed by atoms with E-state index in [4.69, 9.17) is 61.4 Å². The summed E-state index contributed by atoms with van der Waals surface area (Å²) in [6.07, 6.45) is 7.86. The Bertz CT molecular complexity index is 1910. The van der Waals surface area contributed by atoms with Crippen LogP contribution in [0.5, 0.6) is 0 Å². The Kier molecular flexibility index (Phi) is 48.8. The van der Waals surface area contributed by atoms with Crippen LogP contribution in [-0.2, 0) is 23.9 Å². The zero-order chi connectivity index (χ0) is 58.5. The van der Waals surface area contributed by atoms with Crippen molar-refractivity contribution in [1.29, 1.82) is 5.26 Å². The summed E-state index contributed by atoms with van der Waals surface area (Å²) in [5, 5.41) is 24.0. The van der Waals surface area contributed by atoms with Crippen molar-refractivity contribution < 1.29 is 33.4 Å². The van der Waals surface area contributed by atoms with Gasteiger partial charge in [-0.3, -0.25) is 45.3 Å². The van der Waals surface area contributed by atoms with Crippen LogP contribution >= 0.6 is 0 Å². The minimum atomic E-state index is -0.699. The molecule has 0 aliphatic heterocycles. The second-order valence-corrected chi connectivity index (χ2v) is 15.8. The minimum absolute atomic E-state index is 0.0134. The van der Waals surface area contributed by atoms with E-state index in [1.54, 1.807) is 36.9 Å². The van der Waals surface area contributed by atoms with E-state index in [0.29, 0.717) is 117 Å². The topological polar surface area (TPSA) is 482 Å². The van der Waals surface area contributed by atoms with E-state index in [-0.39, 0.29) is 73.5 Å². The smallest absolute Gasteiger partial charge is 0.408 e. The second-order valence-electron chi connectivity index (χ2n) is 15.8. The molecule has 0 aromatic heterocycles. The fourth-order valence-corrected chi connectivity index (χ4v) is 5.75. The summed E-state index contributed by atoms with van der Waals surface area (Å²) in [7, 11) is 3.17. The van der Waals surface area contributed by atoms with Crippen molar-refractivity contribution in [2.24, 2.45) is 70.1 Å². The SMILES string of the molecule is CCC(=O)N(CCCN=C(N)NC(N)=NC)CCCN=C(N)NC(N)=NCOC(=O)NCCCNC(=O)OCNC.CCCCN(CCCN)C(=O)CC.[C-]#[N+]NC(N)=NCCCN(CCCNC(N)=NC#N)C(=O)CC. The van der Waals surface area contributed by atoms with E-state index in [1.807, 2.05) is 11.8 Å². The third-order valence-corrected chi connectivity index (χ3v) is 9.66. The number of nitrogens with zero attached hydrogens (tertiary/aromatic N) is 11. The largest absolute Gasteiger partial charge is 0.434 e. The Balaban J connectivity index is -0.00000126. The molecular weight excluding hydrogens is 1000 g/mol. The fraction of sp³-hybridized carbons (Fsp3) is 0.711. The molecular formula is C45H91N25O7. The van der Waals surface area contributed by atoms with Crippen LogP contribution in [0.3, 0.4) is 0 Å². The Morgan fingerprint density at radius 3 is 1.44 bits per heavy atom. The molecule has 0 fully saturated rings. The van der Waals surface area contributed by atoms with E-state index in [2.05, 4.69) is 79.2 Å². The molecule has 32 heteroatoms. The summed E-state index contributed by atoms with van der Waals surface area (Å²) >= 11 is 0. The van der Waals surface area contributed by atoms with Gasteiger partial charge in [0.15, 0.2) is 30.6 Å². The predicted molar refractivity (Wildman–Crippen MR) is 300 cm³/mol. The van der Waals surface area contributed by atoms with Crippen LogP contribution < -0.4 is 77.5 Å². The lowest BCUT2D eigenvalue weighted by Crippen LogP contribution is -2.42. The van der Waals surface area contributed by atoms with Crippen LogP contribution in [0.1, 0.15) is 98.3 Å². The molecule has 0 atom stereocenters. The molecule has 0 aromatic carbocycles. The number of alkyl carbamates (subject to hydrolysis) is 2. The van der Waals surface area contributed by atoms with Crippen molar-refractivity contribution in [2.45, 2.75) is 98.3 Å². The van der Waals surface area contributed by atoms with Gasteiger partial charge in [-0.1, -0.05) is 39.5 Å². The van der Waals surface area contributed by atoms with Crippen LogP contribution in [0.25, 0.3) is 4.95 Å². The molecule has 0 aliphatic carbocycles. The summed E-state index contributed by atoms with van der Waals surface area (Å²) in [5.74, 6) is 0.715. The van der Waals surface area contributed by atoms with Crippen molar-refractivity contribution >= 4 is 65.7 Å². The first kappa shape index (κ1) is 73.1. The number of guanidine groups is 6. The summed E-state index contributed by atoms with van der Waals surface area (Å²) in [5.41, 5.74) is 41.2. The summed E-state index contributed by atoms with van der Waals surface area (Å²) in [6, 6.07) is 0. The van der Waals surface area contributed by atoms with E-state index in [9.17, 15) is 24.0 Å². The van der Waals surface area contributed by atoms with E-state index < -0.39 is 12.2 Å². The van der Waals surface area contributed by atoms with Gasteiger partial charge in [0.2, 0.25) is 29.9 Å². The first-order valence-corrected chi connectivity index (χ1v) is 25.5. The van der Waals surface area contributed by atoms with Gasteiger partial charge in [-0.2, -0.15) is 16.8 Å². The van der Waals surface area contributed by atoms with Crippen LogP contribution in [0.2, 0.25) is 0 Å². The maximum absolute atomic E-state index is 12.2. The van der Waals surface area contributed by atoms with Gasteiger partial charge in [0, 0.05) is 105 Å². The van der Waals surface area contributed by atoms with Crippen molar-refractivity contribution in [3.8, 4) is 6.19 Å². The highest BCUT2D eigenvalue weighted by atomic mass is 16.6. The Morgan fingerprint density at radius 1 is 0.571 bits per heavy atom. The highest BCUT2D eigenvalue weighted by Crippen LogP contribution is 2.02. The Morgan fingerprint density at radius 2 is 1.00 bits per heavy atom. The fourth-order valence-electron chi connectivity index (χ4n) is 5.75. The highest BCUT2D eigenvalue weighted by Gasteiger charge is 2.13. The molecule has 0 bridgehead atoms. The number of nitrogens with one attached hydrogen (secondary N) is 7. The molecule has 0 unspecified atom stereocenters. The van der Waals surface area contributed by atoms with Crippen molar-refractivity contribution in [3.05, 3.63) is 11.5 Å². The molecule has 0 aliphatic rings. The maximum Gasteiger partial charge on any atom is 0.408 e. The lowest BCUT2D eigenvalue weighted by Gasteiger charge is -2.22. The van der Waals surface area contributed by atoms with Gasteiger partial charge in [0.05, 0.1) is 0 Å². The van der Waals surface area contributed by atoms with Gasteiger partial charge < -0.3 is 80.3 Å². The first-order valence-electron chi connectivity index (χ1n) is 25.5.